The summed E-state index contributed by atoms with van der Waals surface area (Å²) in [6.45, 7) is 2.95. The van der Waals surface area contributed by atoms with Crippen LogP contribution in [0.25, 0.3) is 0 Å². The first-order chi connectivity index (χ1) is 9.24. The molecule has 0 saturated carbocycles. The predicted octanol–water partition coefficient (Wildman–Crippen LogP) is 3.99. The highest BCUT2D eigenvalue weighted by atomic mass is 35.5. The van der Waals surface area contributed by atoms with Gasteiger partial charge in [0.1, 0.15) is 0 Å². The molecule has 2 aromatic carbocycles. The van der Waals surface area contributed by atoms with Crippen molar-refractivity contribution in [3.8, 4) is 11.5 Å². The van der Waals surface area contributed by atoms with Crippen LogP contribution < -0.4 is 14.8 Å². The van der Waals surface area contributed by atoms with E-state index in [1.54, 1.807) is 0 Å². The lowest BCUT2D eigenvalue weighted by atomic mass is 10.1. The second-order valence-electron chi connectivity index (χ2n) is 4.47. The van der Waals surface area contributed by atoms with Gasteiger partial charge in [-0.15, -0.1) is 0 Å². The molecule has 4 heteroatoms. The van der Waals surface area contributed by atoms with Crippen LogP contribution in [0.5, 0.6) is 11.5 Å². The van der Waals surface area contributed by atoms with Crippen LogP contribution in [0.15, 0.2) is 36.4 Å². The standard InChI is InChI=1S/C15H14ClNO2/c1-10-5-6-12(7-13(10)16)17-8-11-3-2-4-14-15(11)19-9-18-14/h2-7,17H,8-9H2,1H3. The average Bonchev–Trinajstić information content (AvgIpc) is 2.89. The van der Waals surface area contributed by atoms with E-state index < -0.39 is 0 Å². The summed E-state index contributed by atoms with van der Waals surface area (Å²) in [7, 11) is 0. The predicted molar refractivity (Wildman–Crippen MR) is 76.1 cm³/mol. The summed E-state index contributed by atoms with van der Waals surface area (Å²) in [6.07, 6.45) is 0. The molecule has 19 heavy (non-hydrogen) atoms. The summed E-state index contributed by atoms with van der Waals surface area (Å²) in [4.78, 5) is 0. The number of anilines is 1. The third-order valence-corrected chi connectivity index (χ3v) is 3.54. The van der Waals surface area contributed by atoms with E-state index >= 15 is 0 Å². The summed E-state index contributed by atoms with van der Waals surface area (Å²) in [5, 5.41) is 4.11. The van der Waals surface area contributed by atoms with Crippen LogP contribution in [0.3, 0.4) is 0 Å². The molecule has 98 valence electrons. The number of ether oxygens (including phenoxy) is 2. The van der Waals surface area contributed by atoms with Gasteiger partial charge in [-0.3, -0.25) is 0 Å². The maximum absolute atomic E-state index is 6.10. The Bertz CT molecular complexity index is 613. The van der Waals surface area contributed by atoms with Gasteiger partial charge < -0.3 is 14.8 Å². The summed E-state index contributed by atoms with van der Waals surface area (Å²) in [5.41, 5.74) is 3.14. The molecule has 0 fully saturated rings. The van der Waals surface area contributed by atoms with Crippen molar-refractivity contribution in [3.05, 3.63) is 52.5 Å². The van der Waals surface area contributed by atoms with Crippen LogP contribution in [0, 0.1) is 6.92 Å². The summed E-state index contributed by atoms with van der Waals surface area (Å²) in [6, 6.07) is 11.8. The van der Waals surface area contributed by atoms with Crippen molar-refractivity contribution < 1.29 is 9.47 Å². The molecule has 1 aliphatic heterocycles. The molecular weight excluding hydrogens is 262 g/mol. The number of fused-ring (bicyclic) bond motifs is 1. The van der Waals surface area contributed by atoms with Crippen molar-refractivity contribution in [1.29, 1.82) is 0 Å². The van der Waals surface area contributed by atoms with Crippen LogP contribution in [0.1, 0.15) is 11.1 Å². The monoisotopic (exact) mass is 275 g/mol. The SMILES string of the molecule is Cc1ccc(NCc2cccc3c2OCO3)cc1Cl. The number of halogens is 1. The van der Waals surface area contributed by atoms with Crippen LogP contribution in [-0.4, -0.2) is 6.79 Å². The largest absolute Gasteiger partial charge is 0.454 e. The highest BCUT2D eigenvalue weighted by Gasteiger charge is 2.16. The van der Waals surface area contributed by atoms with Gasteiger partial charge in [0, 0.05) is 22.8 Å². The molecule has 0 unspecified atom stereocenters. The third-order valence-electron chi connectivity index (χ3n) is 3.13. The third kappa shape index (κ3) is 2.47. The number of rotatable bonds is 3. The van der Waals surface area contributed by atoms with Gasteiger partial charge in [-0.2, -0.15) is 0 Å². The van der Waals surface area contributed by atoms with Gasteiger partial charge in [0.2, 0.25) is 6.79 Å². The molecule has 1 N–H and O–H groups in total. The van der Waals surface area contributed by atoms with Gasteiger partial charge in [0.25, 0.3) is 0 Å². The lowest BCUT2D eigenvalue weighted by molar-refractivity contribution is 0.173. The zero-order chi connectivity index (χ0) is 13.2. The normalized spacial score (nSPS) is 12.5. The molecule has 0 saturated heterocycles. The van der Waals surface area contributed by atoms with Gasteiger partial charge in [-0.1, -0.05) is 29.8 Å². The molecular formula is C15H14ClNO2. The smallest absolute Gasteiger partial charge is 0.231 e. The molecule has 3 nitrogen and oxygen atoms in total. The van der Waals surface area contributed by atoms with E-state index in [1.807, 2.05) is 43.3 Å². The Balaban J connectivity index is 1.76. The first-order valence-electron chi connectivity index (χ1n) is 6.11. The second-order valence-corrected chi connectivity index (χ2v) is 4.88. The van der Waals surface area contributed by atoms with E-state index in [0.29, 0.717) is 13.3 Å². The topological polar surface area (TPSA) is 30.5 Å². The van der Waals surface area contributed by atoms with Gasteiger partial charge in [-0.25, -0.2) is 0 Å². The van der Waals surface area contributed by atoms with Crippen molar-refractivity contribution in [2.75, 3.05) is 12.1 Å². The molecule has 0 amide bonds. The molecule has 3 rings (SSSR count). The Morgan fingerprint density at radius 1 is 1.21 bits per heavy atom. The van der Waals surface area contributed by atoms with Crippen LogP contribution >= 0.6 is 11.6 Å². The quantitative estimate of drug-likeness (QED) is 0.919. The molecule has 0 atom stereocenters. The van der Waals surface area contributed by atoms with E-state index in [4.69, 9.17) is 21.1 Å². The van der Waals surface area contributed by atoms with Gasteiger partial charge in [0.15, 0.2) is 11.5 Å². The van der Waals surface area contributed by atoms with Crippen LogP contribution in [0.2, 0.25) is 5.02 Å². The van der Waals surface area contributed by atoms with E-state index in [0.717, 1.165) is 33.3 Å². The van der Waals surface area contributed by atoms with E-state index in [1.165, 1.54) is 0 Å². The lowest BCUT2D eigenvalue weighted by Crippen LogP contribution is -2.01. The van der Waals surface area contributed by atoms with Crippen LogP contribution in [-0.2, 0) is 6.54 Å². The Morgan fingerprint density at radius 2 is 2.11 bits per heavy atom. The van der Waals surface area contributed by atoms with Crippen molar-refractivity contribution in [2.45, 2.75) is 13.5 Å². The van der Waals surface area contributed by atoms with E-state index in [2.05, 4.69) is 5.32 Å². The number of hydrogen-bond donors (Lipinski definition) is 1. The van der Waals surface area contributed by atoms with Crippen LogP contribution in [0.4, 0.5) is 5.69 Å². The number of benzene rings is 2. The fraction of sp³-hybridized carbons (Fsp3) is 0.200. The maximum atomic E-state index is 6.10. The zero-order valence-corrected chi connectivity index (χ0v) is 11.3. The Hall–Kier alpha value is -1.87. The molecule has 1 heterocycles. The summed E-state index contributed by atoms with van der Waals surface area (Å²) in [5.74, 6) is 1.63. The van der Waals surface area contributed by atoms with Crippen molar-refractivity contribution >= 4 is 17.3 Å². The molecule has 0 bridgehead atoms. The van der Waals surface area contributed by atoms with Crippen molar-refractivity contribution in [2.24, 2.45) is 0 Å². The molecule has 0 radical (unpaired) electrons. The fourth-order valence-corrected chi connectivity index (χ4v) is 2.21. The minimum atomic E-state index is 0.294. The first-order valence-corrected chi connectivity index (χ1v) is 6.49. The number of para-hydroxylation sites is 1. The highest BCUT2D eigenvalue weighted by Crippen LogP contribution is 2.35. The van der Waals surface area contributed by atoms with E-state index in [-0.39, 0.29) is 0 Å². The molecule has 0 spiro atoms. The molecule has 1 aliphatic rings. The van der Waals surface area contributed by atoms with Gasteiger partial charge in [0.05, 0.1) is 0 Å². The van der Waals surface area contributed by atoms with E-state index in [9.17, 15) is 0 Å². The lowest BCUT2D eigenvalue weighted by Gasteiger charge is -2.10. The Kier molecular flexibility index (Phi) is 3.22. The highest BCUT2D eigenvalue weighted by molar-refractivity contribution is 6.31. The first kappa shape index (κ1) is 12.2. The number of hydrogen-bond acceptors (Lipinski definition) is 3. The summed E-state index contributed by atoms with van der Waals surface area (Å²) >= 11 is 6.10. The fourth-order valence-electron chi connectivity index (χ4n) is 2.03. The summed E-state index contributed by atoms with van der Waals surface area (Å²) < 4.78 is 10.8. The minimum absolute atomic E-state index is 0.294. The zero-order valence-electron chi connectivity index (χ0n) is 10.6. The van der Waals surface area contributed by atoms with Crippen molar-refractivity contribution in [1.82, 2.24) is 0 Å². The molecule has 2 aromatic rings. The average molecular weight is 276 g/mol. The van der Waals surface area contributed by atoms with Crippen molar-refractivity contribution in [3.63, 3.8) is 0 Å². The Labute approximate surface area is 117 Å². The van der Waals surface area contributed by atoms with Gasteiger partial charge in [-0.05, 0) is 30.7 Å². The Morgan fingerprint density at radius 3 is 2.95 bits per heavy atom. The minimum Gasteiger partial charge on any atom is -0.454 e. The molecule has 0 aliphatic carbocycles. The number of nitrogens with one attached hydrogen (secondary N) is 1. The van der Waals surface area contributed by atoms with Gasteiger partial charge >= 0.3 is 0 Å². The molecule has 0 aromatic heterocycles. The number of aryl methyl sites for hydroxylation is 1. The maximum Gasteiger partial charge on any atom is 0.231 e. The second kappa shape index (κ2) is 5.02.